The van der Waals surface area contributed by atoms with Gasteiger partial charge in [-0.05, 0) is 32.1 Å². The van der Waals surface area contributed by atoms with Crippen molar-refractivity contribution in [3.8, 4) is 0 Å². The Morgan fingerprint density at radius 2 is 1.83 bits per heavy atom. The average Bonchev–Trinajstić information content (AvgIpc) is 3.16. The van der Waals surface area contributed by atoms with Gasteiger partial charge in [0.25, 0.3) is 0 Å². The van der Waals surface area contributed by atoms with Crippen LogP contribution in [0, 0.1) is 5.92 Å². The van der Waals surface area contributed by atoms with E-state index in [1.54, 1.807) is 0 Å². The van der Waals surface area contributed by atoms with Crippen LogP contribution in [0.5, 0.6) is 0 Å². The van der Waals surface area contributed by atoms with Gasteiger partial charge in [-0.3, -0.25) is 9.69 Å². The maximum Gasteiger partial charge on any atom is 0.223 e. The van der Waals surface area contributed by atoms with E-state index in [1.165, 1.54) is 50.3 Å². The summed E-state index contributed by atoms with van der Waals surface area (Å²) in [6, 6.07) is 0.236. The van der Waals surface area contributed by atoms with E-state index in [0.29, 0.717) is 0 Å². The van der Waals surface area contributed by atoms with Crippen LogP contribution in [-0.2, 0) is 4.79 Å². The molecular formula is C16H31Cl2N3OS. The fourth-order valence-corrected chi connectivity index (χ4v) is 5.23. The summed E-state index contributed by atoms with van der Waals surface area (Å²) in [4.78, 5) is 15.0. The third kappa shape index (κ3) is 5.15. The van der Waals surface area contributed by atoms with Crippen molar-refractivity contribution in [3.05, 3.63) is 0 Å². The molecule has 3 aliphatic rings. The summed E-state index contributed by atoms with van der Waals surface area (Å²) in [7, 11) is 0. The maximum absolute atomic E-state index is 12.4. The van der Waals surface area contributed by atoms with E-state index in [2.05, 4.69) is 22.0 Å². The Balaban J connectivity index is 0.00000132. The van der Waals surface area contributed by atoms with E-state index in [4.69, 9.17) is 5.73 Å². The lowest BCUT2D eigenvalue weighted by atomic mass is 9.94. The molecule has 2 unspecified atom stereocenters. The molecule has 1 heterocycles. The summed E-state index contributed by atoms with van der Waals surface area (Å²) in [5.74, 6) is 2.90. The van der Waals surface area contributed by atoms with E-state index in [9.17, 15) is 4.79 Å². The highest BCUT2D eigenvalue weighted by Gasteiger charge is 2.40. The highest BCUT2D eigenvalue weighted by molar-refractivity contribution is 7.99. The molecule has 3 N–H and O–H groups in total. The van der Waals surface area contributed by atoms with Crippen molar-refractivity contribution >= 4 is 42.5 Å². The van der Waals surface area contributed by atoms with E-state index in [1.807, 2.05) is 0 Å². The molecular weight excluding hydrogens is 353 g/mol. The third-order valence-corrected chi connectivity index (χ3v) is 6.59. The molecule has 2 atom stereocenters. The lowest BCUT2D eigenvalue weighted by molar-refractivity contribution is -0.125. The Morgan fingerprint density at radius 3 is 2.39 bits per heavy atom. The number of carbonyl (C=O) groups excluding carboxylic acids is 1. The lowest BCUT2D eigenvalue weighted by Gasteiger charge is -2.43. The van der Waals surface area contributed by atoms with Gasteiger partial charge in [0, 0.05) is 48.6 Å². The standard InChI is InChI=1S/C16H29N3OS.2ClH/c17-14-4-3-13(11-14)15(20)18-12-16(5-1-2-6-16)19-7-9-21-10-8-19;;/h13-14H,1-12,17H2,(H,18,20);2*1H. The molecule has 136 valence electrons. The van der Waals surface area contributed by atoms with Gasteiger partial charge in [0.2, 0.25) is 5.91 Å². The molecule has 0 aromatic rings. The lowest BCUT2D eigenvalue weighted by Crippen LogP contribution is -2.57. The summed E-state index contributed by atoms with van der Waals surface area (Å²) >= 11 is 2.06. The van der Waals surface area contributed by atoms with Crippen LogP contribution < -0.4 is 11.1 Å². The summed E-state index contributed by atoms with van der Waals surface area (Å²) in [5, 5.41) is 3.28. The van der Waals surface area contributed by atoms with E-state index < -0.39 is 0 Å². The summed E-state index contributed by atoms with van der Waals surface area (Å²) in [6.07, 6.45) is 7.98. The quantitative estimate of drug-likeness (QED) is 0.782. The largest absolute Gasteiger partial charge is 0.354 e. The van der Waals surface area contributed by atoms with Gasteiger partial charge >= 0.3 is 0 Å². The van der Waals surface area contributed by atoms with E-state index >= 15 is 0 Å². The van der Waals surface area contributed by atoms with Crippen LogP contribution in [0.4, 0.5) is 0 Å². The molecule has 0 aromatic carbocycles. The van der Waals surface area contributed by atoms with Gasteiger partial charge in [0.15, 0.2) is 0 Å². The maximum atomic E-state index is 12.4. The second-order valence-corrected chi connectivity index (χ2v) is 8.24. The first kappa shape index (κ1) is 21.4. The first-order valence-electron chi connectivity index (χ1n) is 8.56. The average molecular weight is 384 g/mol. The molecule has 1 saturated heterocycles. The summed E-state index contributed by atoms with van der Waals surface area (Å²) < 4.78 is 0. The molecule has 1 aliphatic heterocycles. The number of thioether (sulfide) groups is 1. The fraction of sp³-hybridized carbons (Fsp3) is 0.938. The number of halogens is 2. The van der Waals surface area contributed by atoms with Crippen molar-refractivity contribution in [2.75, 3.05) is 31.1 Å². The SMILES string of the molecule is Cl.Cl.NC1CCC(C(=O)NCC2(N3CCSCC3)CCCC2)C1. The van der Waals surface area contributed by atoms with Gasteiger partial charge in [-0.1, -0.05) is 12.8 Å². The van der Waals surface area contributed by atoms with Gasteiger partial charge in [0.05, 0.1) is 0 Å². The minimum atomic E-state index is 0. The van der Waals surface area contributed by atoms with Crippen molar-refractivity contribution in [1.29, 1.82) is 0 Å². The highest BCUT2D eigenvalue weighted by Crippen LogP contribution is 2.36. The van der Waals surface area contributed by atoms with Gasteiger partial charge in [-0.15, -0.1) is 24.8 Å². The molecule has 7 heteroatoms. The molecule has 23 heavy (non-hydrogen) atoms. The predicted molar refractivity (Wildman–Crippen MR) is 103 cm³/mol. The Labute approximate surface area is 156 Å². The first-order chi connectivity index (χ1) is 10.2. The van der Waals surface area contributed by atoms with Crippen LogP contribution in [0.15, 0.2) is 0 Å². The van der Waals surface area contributed by atoms with Gasteiger partial charge in [0.1, 0.15) is 0 Å². The van der Waals surface area contributed by atoms with Crippen molar-refractivity contribution in [2.45, 2.75) is 56.5 Å². The van der Waals surface area contributed by atoms with E-state index in [-0.39, 0.29) is 48.2 Å². The van der Waals surface area contributed by atoms with Crippen molar-refractivity contribution in [1.82, 2.24) is 10.2 Å². The van der Waals surface area contributed by atoms with Crippen LogP contribution in [0.1, 0.15) is 44.9 Å². The summed E-state index contributed by atoms with van der Waals surface area (Å²) in [6.45, 7) is 3.23. The molecule has 1 amide bonds. The fourth-order valence-electron chi connectivity index (χ4n) is 4.33. The Morgan fingerprint density at radius 1 is 1.17 bits per heavy atom. The number of nitrogens with two attached hydrogens (primary N) is 1. The molecule has 0 bridgehead atoms. The molecule has 4 nitrogen and oxygen atoms in total. The van der Waals surface area contributed by atoms with Crippen LogP contribution in [0.2, 0.25) is 0 Å². The van der Waals surface area contributed by atoms with E-state index in [0.717, 1.165) is 25.8 Å². The summed E-state index contributed by atoms with van der Waals surface area (Å²) in [5.41, 5.74) is 6.18. The third-order valence-electron chi connectivity index (χ3n) is 5.65. The number of nitrogens with one attached hydrogen (secondary N) is 1. The predicted octanol–water partition coefficient (Wildman–Crippen LogP) is 2.44. The van der Waals surface area contributed by atoms with Crippen LogP contribution in [0.3, 0.4) is 0 Å². The monoisotopic (exact) mass is 383 g/mol. The zero-order valence-electron chi connectivity index (χ0n) is 13.8. The zero-order chi connectivity index (χ0) is 14.7. The van der Waals surface area contributed by atoms with Crippen molar-refractivity contribution in [3.63, 3.8) is 0 Å². The molecule has 3 rings (SSSR count). The second kappa shape index (κ2) is 9.71. The molecule has 0 aromatic heterocycles. The Kier molecular flexibility index (Phi) is 9.02. The number of rotatable bonds is 4. The van der Waals surface area contributed by atoms with Gasteiger partial charge < -0.3 is 11.1 Å². The highest BCUT2D eigenvalue weighted by atomic mass is 35.5. The topological polar surface area (TPSA) is 58.4 Å². The second-order valence-electron chi connectivity index (χ2n) is 7.02. The number of hydrogen-bond acceptors (Lipinski definition) is 4. The van der Waals surface area contributed by atoms with Gasteiger partial charge in [-0.2, -0.15) is 11.8 Å². The zero-order valence-corrected chi connectivity index (χ0v) is 16.2. The molecule has 2 aliphatic carbocycles. The molecule has 0 radical (unpaired) electrons. The Hall–Kier alpha value is 0.320. The van der Waals surface area contributed by atoms with Crippen LogP contribution >= 0.6 is 36.6 Å². The molecule has 0 spiro atoms. The van der Waals surface area contributed by atoms with Crippen LogP contribution in [0.25, 0.3) is 0 Å². The minimum absolute atomic E-state index is 0. The Bertz CT molecular complexity index is 374. The molecule has 2 saturated carbocycles. The smallest absolute Gasteiger partial charge is 0.223 e. The van der Waals surface area contributed by atoms with Crippen molar-refractivity contribution in [2.24, 2.45) is 11.7 Å². The minimum Gasteiger partial charge on any atom is -0.354 e. The molecule has 3 fully saturated rings. The van der Waals surface area contributed by atoms with Gasteiger partial charge in [-0.25, -0.2) is 0 Å². The number of amides is 1. The van der Waals surface area contributed by atoms with Crippen LogP contribution in [-0.4, -0.2) is 53.5 Å². The normalized spacial score (nSPS) is 30.3. The number of hydrogen-bond donors (Lipinski definition) is 2. The number of nitrogens with zero attached hydrogens (tertiary/aromatic N) is 1. The first-order valence-corrected chi connectivity index (χ1v) is 9.71. The van der Waals surface area contributed by atoms with Crippen molar-refractivity contribution < 1.29 is 4.79 Å². The number of carbonyl (C=O) groups is 1.